The lowest BCUT2D eigenvalue weighted by molar-refractivity contribution is -0.246. The highest BCUT2D eigenvalue weighted by Gasteiger charge is 2.67. The molecule has 4 nitrogen and oxygen atoms in total. The first-order valence-corrected chi connectivity index (χ1v) is 11.1. The Balaban J connectivity index is 1.44. The van der Waals surface area contributed by atoms with Gasteiger partial charge in [0.05, 0.1) is 19.3 Å². The largest absolute Gasteiger partial charge is 0.347 e. The second kappa shape index (κ2) is 6.01. The van der Waals surface area contributed by atoms with Gasteiger partial charge in [0.25, 0.3) is 0 Å². The van der Waals surface area contributed by atoms with Crippen molar-refractivity contribution in [2.24, 2.45) is 39.7 Å². The van der Waals surface area contributed by atoms with Crippen LogP contribution in [-0.2, 0) is 9.47 Å². The summed E-state index contributed by atoms with van der Waals surface area (Å²) >= 11 is 0. The molecule has 4 aliphatic carbocycles. The second-order valence-corrected chi connectivity index (χ2v) is 10.5. The van der Waals surface area contributed by atoms with Crippen molar-refractivity contribution in [1.29, 1.82) is 0 Å². The summed E-state index contributed by atoms with van der Waals surface area (Å²) in [4.78, 5) is 11.2. The Kier molecular flexibility index (Phi) is 4.07. The average molecular weight is 362 g/mol. The van der Waals surface area contributed by atoms with Gasteiger partial charge < -0.3 is 9.47 Å². The van der Waals surface area contributed by atoms with E-state index >= 15 is 0 Å². The van der Waals surface area contributed by atoms with E-state index in [2.05, 4.69) is 19.0 Å². The molecular formula is C22H35NO3. The van der Waals surface area contributed by atoms with Crippen LogP contribution in [0.1, 0.15) is 78.1 Å². The van der Waals surface area contributed by atoms with Crippen LogP contribution in [0.15, 0.2) is 5.18 Å². The molecule has 1 aliphatic heterocycles. The molecule has 4 heteroatoms. The fourth-order valence-electron chi connectivity index (χ4n) is 8.46. The second-order valence-electron chi connectivity index (χ2n) is 10.5. The van der Waals surface area contributed by atoms with Crippen molar-refractivity contribution < 1.29 is 9.47 Å². The van der Waals surface area contributed by atoms with Crippen LogP contribution in [0.5, 0.6) is 0 Å². The number of fused-ring (bicyclic) bond motifs is 6. The van der Waals surface area contributed by atoms with Gasteiger partial charge in [0.1, 0.15) is 0 Å². The Morgan fingerprint density at radius 3 is 2.42 bits per heavy atom. The Morgan fingerprint density at radius 1 is 0.885 bits per heavy atom. The molecule has 0 radical (unpaired) electrons. The summed E-state index contributed by atoms with van der Waals surface area (Å²) in [7, 11) is 0. The zero-order valence-electron chi connectivity index (χ0n) is 16.5. The SMILES string of the molecule is C[C@]12CCC3[C@@H](CC[C@H]4CC(N=O)CCC[C@]34C)[C@@H]1CCC21OCCO1. The monoisotopic (exact) mass is 361 g/mol. The van der Waals surface area contributed by atoms with E-state index in [1.54, 1.807) is 0 Å². The first-order chi connectivity index (χ1) is 12.5. The molecule has 5 aliphatic rings. The molecule has 5 rings (SSSR count). The van der Waals surface area contributed by atoms with Crippen molar-refractivity contribution in [3.63, 3.8) is 0 Å². The minimum Gasteiger partial charge on any atom is -0.347 e. The zero-order valence-corrected chi connectivity index (χ0v) is 16.5. The van der Waals surface area contributed by atoms with E-state index in [0.29, 0.717) is 11.3 Å². The number of hydrogen-bond acceptors (Lipinski definition) is 4. The maximum atomic E-state index is 11.2. The van der Waals surface area contributed by atoms with Gasteiger partial charge in [-0.15, -0.1) is 0 Å². The molecule has 0 amide bonds. The van der Waals surface area contributed by atoms with Crippen LogP contribution >= 0.6 is 0 Å². The fraction of sp³-hybridized carbons (Fsp3) is 1.00. The third kappa shape index (κ3) is 2.21. The normalized spacial score (nSPS) is 52.8. The van der Waals surface area contributed by atoms with Crippen molar-refractivity contribution in [2.45, 2.75) is 89.9 Å². The summed E-state index contributed by atoms with van der Waals surface area (Å²) < 4.78 is 12.5. The topological polar surface area (TPSA) is 47.9 Å². The van der Waals surface area contributed by atoms with Crippen LogP contribution in [-0.4, -0.2) is 25.0 Å². The van der Waals surface area contributed by atoms with Gasteiger partial charge in [-0.3, -0.25) is 0 Å². The molecule has 26 heavy (non-hydrogen) atoms. The molecule has 7 atom stereocenters. The summed E-state index contributed by atoms with van der Waals surface area (Å²) in [6.07, 6.45) is 12.1. The highest BCUT2D eigenvalue weighted by atomic mass is 16.7. The van der Waals surface area contributed by atoms with Crippen LogP contribution in [0.25, 0.3) is 0 Å². The maximum Gasteiger partial charge on any atom is 0.174 e. The van der Waals surface area contributed by atoms with Gasteiger partial charge in [-0.25, -0.2) is 0 Å². The Morgan fingerprint density at radius 2 is 1.65 bits per heavy atom. The minimum absolute atomic E-state index is 0.0715. The van der Waals surface area contributed by atoms with Crippen molar-refractivity contribution >= 4 is 0 Å². The zero-order chi connectivity index (χ0) is 18.0. The molecule has 1 spiro atoms. The highest BCUT2D eigenvalue weighted by molar-refractivity contribution is 5.12. The van der Waals surface area contributed by atoms with E-state index in [0.717, 1.165) is 50.2 Å². The molecular weight excluding hydrogens is 326 g/mol. The predicted molar refractivity (Wildman–Crippen MR) is 101 cm³/mol. The first-order valence-electron chi connectivity index (χ1n) is 11.1. The molecule has 146 valence electrons. The Bertz CT molecular complexity index is 574. The molecule has 0 aromatic carbocycles. The van der Waals surface area contributed by atoms with Gasteiger partial charge in [-0.05, 0) is 80.5 Å². The van der Waals surface area contributed by atoms with Crippen molar-refractivity contribution in [1.82, 2.24) is 0 Å². The third-order valence-electron chi connectivity index (χ3n) is 9.82. The van der Waals surface area contributed by atoms with E-state index in [-0.39, 0.29) is 17.2 Å². The fourth-order valence-corrected chi connectivity index (χ4v) is 8.46. The number of ether oxygens (including phenoxy) is 2. The third-order valence-corrected chi connectivity index (χ3v) is 9.82. The lowest BCUT2D eigenvalue weighted by Gasteiger charge is -2.59. The lowest BCUT2D eigenvalue weighted by atomic mass is 9.46. The maximum absolute atomic E-state index is 11.2. The predicted octanol–water partition coefficient (Wildman–Crippen LogP) is 5.30. The summed E-state index contributed by atoms with van der Waals surface area (Å²) in [5.41, 5.74) is 0.613. The molecule has 5 fully saturated rings. The van der Waals surface area contributed by atoms with Crippen LogP contribution in [0, 0.1) is 39.4 Å². The Hall–Kier alpha value is -0.480. The van der Waals surface area contributed by atoms with Crippen LogP contribution in [0.4, 0.5) is 0 Å². The molecule has 0 aromatic heterocycles. The Labute approximate surface area is 157 Å². The lowest BCUT2D eigenvalue weighted by Crippen LogP contribution is -2.56. The first kappa shape index (κ1) is 17.6. The summed E-state index contributed by atoms with van der Waals surface area (Å²) in [6.45, 7) is 6.59. The summed E-state index contributed by atoms with van der Waals surface area (Å²) in [5.74, 6) is 2.81. The smallest absolute Gasteiger partial charge is 0.174 e. The number of rotatable bonds is 1. The average Bonchev–Trinajstić information content (AvgIpc) is 3.18. The molecule has 0 aromatic rings. The van der Waals surface area contributed by atoms with E-state index in [9.17, 15) is 4.91 Å². The van der Waals surface area contributed by atoms with E-state index in [1.807, 2.05) is 0 Å². The molecule has 4 saturated carbocycles. The van der Waals surface area contributed by atoms with Gasteiger partial charge in [0.2, 0.25) is 0 Å². The van der Waals surface area contributed by atoms with E-state index in [1.165, 1.54) is 44.9 Å². The van der Waals surface area contributed by atoms with Crippen molar-refractivity contribution in [3.8, 4) is 0 Å². The number of nitroso groups, excluding NO2 is 1. The molecule has 1 heterocycles. The molecule has 0 bridgehead atoms. The van der Waals surface area contributed by atoms with Gasteiger partial charge in [0.15, 0.2) is 5.79 Å². The van der Waals surface area contributed by atoms with Gasteiger partial charge >= 0.3 is 0 Å². The van der Waals surface area contributed by atoms with Crippen molar-refractivity contribution in [2.75, 3.05) is 13.2 Å². The van der Waals surface area contributed by atoms with Crippen LogP contribution in [0.3, 0.4) is 0 Å². The van der Waals surface area contributed by atoms with Crippen molar-refractivity contribution in [3.05, 3.63) is 4.91 Å². The van der Waals surface area contributed by atoms with E-state index < -0.39 is 0 Å². The van der Waals surface area contributed by atoms with Gasteiger partial charge in [0, 0.05) is 11.8 Å². The number of hydrogen-bond donors (Lipinski definition) is 0. The van der Waals surface area contributed by atoms with Crippen LogP contribution in [0.2, 0.25) is 0 Å². The van der Waals surface area contributed by atoms with Gasteiger partial charge in [-0.1, -0.05) is 25.4 Å². The highest BCUT2D eigenvalue weighted by Crippen LogP contribution is 2.69. The molecule has 2 unspecified atom stereocenters. The van der Waals surface area contributed by atoms with Gasteiger partial charge in [-0.2, -0.15) is 4.91 Å². The summed E-state index contributed by atoms with van der Waals surface area (Å²) in [6, 6.07) is 0.0715. The molecule has 0 N–H and O–H groups in total. The van der Waals surface area contributed by atoms with E-state index in [4.69, 9.17) is 9.47 Å². The molecule has 1 saturated heterocycles. The summed E-state index contributed by atoms with van der Waals surface area (Å²) in [5, 5.41) is 3.46. The standard InChI is InChI=1S/C22H35NO3/c1-20-9-3-4-16(23-24)14-15(20)5-6-17-18(20)7-10-21(2)19(17)8-11-22(21)25-12-13-26-22/h15-19H,3-14H2,1-2H3/t15-,16?,17+,18?,19-,20-,21-/m0/s1. The number of nitrogens with zero attached hydrogens (tertiary/aromatic N) is 1. The van der Waals surface area contributed by atoms with Crippen LogP contribution < -0.4 is 0 Å². The minimum atomic E-state index is -0.281. The quantitative estimate of drug-likeness (QED) is 0.596.